The molecule has 0 aliphatic carbocycles. The van der Waals surface area contributed by atoms with Crippen molar-refractivity contribution in [1.82, 2.24) is 9.13 Å². The topological polar surface area (TPSA) is 47.2 Å². The number of anilines is 1. The number of fused-ring (bicyclic) bond motifs is 2. The lowest BCUT2D eigenvalue weighted by atomic mass is 10.2. The average Bonchev–Trinajstić information content (AvgIpc) is 2.90. The van der Waals surface area contributed by atoms with Crippen molar-refractivity contribution < 1.29 is 4.79 Å². The number of rotatable bonds is 3. The first-order chi connectivity index (χ1) is 12.6. The molecule has 0 unspecified atom stereocenters. The lowest BCUT2D eigenvalue weighted by Crippen LogP contribution is -2.36. The van der Waals surface area contributed by atoms with Crippen LogP contribution in [0.1, 0.15) is 6.42 Å². The van der Waals surface area contributed by atoms with E-state index in [4.69, 9.17) is 11.6 Å². The molecular weight excluding hydrogens is 370 g/mol. The molecule has 1 amide bonds. The normalized spacial score (nSPS) is 13.8. The largest absolute Gasteiger partial charge is 0.328 e. The molecule has 7 heteroatoms. The van der Waals surface area contributed by atoms with Crippen LogP contribution in [0.25, 0.3) is 11.0 Å². The summed E-state index contributed by atoms with van der Waals surface area (Å²) >= 11 is 7.84. The molecular formula is C19H18ClN3O2S. The minimum absolute atomic E-state index is 0.00801. The first kappa shape index (κ1) is 17.2. The Morgan fingerprint density at radius 1 is 1.19 bits per heavy atom. The van der Waals surface area contributed by atoms with E-state index < -0.39 is 0 Å². The van der Waals surface area contributed by atoms with Crippen LogP contribution in [0.5, 0.6) is 0 Å². The van der Waals surface area contributed by atoms with Crippen LogP contribution in [0.4, 0.5) is 5.69 Å². The fourth-order valence-corrected chi connectivity index (χ4v) is 4.51. The Hall–Kier alpha value is -2.18. The van der Waals surface area contributed by atoms with E-state index in [1.165, 1.54) is 0 Å². The van der Waals surface area contributed by atoms with Gasteiger partial charge in [-0.2, -0.15) is 0 Å². The van der Waals surface area contributed by atoms with Gasteiger partial charge in [0, 0.05) is 42.2 Å². The van der Waals surface area contributed by atoms with Crippen molar-refractivity contribution >= 4 is 46.0 Å². The molecule has 0 saturated heterocycles. The Kier molecular flexibility index (Phi) is 4.54. The first-order valence-corrected chi connectivity index (χ1v) is 9.79. The quantitative estimate of drug-likeness (QED) is 0.690. The van der Waals surface area contributed by atoms with Gasteiger partial charge in [0.05, 0.1) is 16.7 Å². The van der Waals surface area contributed by atoms with E-state index in [1.807, 2.05) is 42.5 Å². The molecule has 2 heterocycles. The van der Waals surface area contributed by atoms with Gasteiger partial charge < -0.3 is 4.90 Å². The second-order valence-electron chi connectivity index (χ2n) is 6.24. The number of para-hydroxylation sites is 2. The van der Waals surface area contributed by atoms with Crippen molar-refractivity contribution in [3.05, 3.63) is 58.0 Å². The van der Waals surface area contributed by atoms with E-state index in [-0.39, 0.29) is 18.0 Å². The molecule has 1 aromatic heterocycles. The molecule has 2 aromatic carbocycles. The van der Waals surface area contributed by atoms with E-state index in [1.54, 1.807) is 32.8 Å². The highest BCUT2D eigenvalue weighted by Gasteiger charge is 2.23. The molecule has 4 rings (SSSR count). The summed E-state index contributed by atoms with van der Waals surface area (Å²) in [6.07, 6.45) is 0.268. The number of carbonyl (C=O) groups excluding carboxylic acids is 1. The van der Waals surface area contributed by atoms with Crippen molar-refractivity contribution in [2.24, 2.45) is 7.05 Å². The molecule has 0 saturated carbocycles. The molecule has 3 aromatic rings. The second-order valence-corrected chi connectivity index (χ2v) is 7.81. The van der Waals surface area contributed by atoms with Crippen molar-refractivity contribution in [2.45, 2.75) is 17.9 Å². The second kappa shape index (κ2) is 6.85. The minimum atomic E-state index is -0.100. The minimum Gasteiger partial charge on any atom is -0.310 e. The van der Waals surface area contributed by atoms with Crippen LogP contribution in [0.2, 0.25) is 5.02 Å². The Bertz CT molecular complexity index is 1060. The number of hydrogen-bond donors (Lipinski definition) is 0. The van der Waals surface area contributed by atoms with Gasteiger partial charge in [-0.05, 0) is 30.3 Å². The predicted octanol–water partition coefficient (Wildman–Crippen LogP) is 3.52. The number of amides is 1. The van der Waals surface area contributed by atoms with Crippen LogP contribution in [0.15, 0.2) is 52.2 Å². The van der Waals surface area contributed by atoms with Crippen LogP contribution < -0.4 is 10.6 Å². The van der Waals surface area contributed by atoms with Gasteiger partial charge >= 0.3 is 5.69 Å². The fourth-order valence-electron chi connectivity index (χ4n) is 3.37. The number of aryl methyl sites for hydroxylation is 2. The van der Waals surface area contributed by atoms with Gasteiger partial charge in [-0.25, -0.2) is 4.79 Å². The number of hydrogen-bond acceptors (Lipinski definition) is 3. The molecule has 1 aliphatic heterocycles. The summed E-state index contributed by atoms with van der Waals surface area (Å²) in [4.78, 5) is 28.2. The lowest BCUT2D eigenvalue weighted by Gasteiger charge is -2.29. The van der Waals surface area contributed by atoms with E-state index >= 15 is 0 Å². The highest BCUT2D eigenvalue weighted by molar-refractivity contribution is 7.99. The summed E-state index contributed by atoms with van der Waals surface area (Å²) in [6.45, 7) is 1.01. The molecule has 0 radical (unpaired) electrons. The zero-order valence-corrected chi connectivity index (χ0v) is 15.9. The first-order valence-electron chi connectivity index (χ1n) is 8.43. The third-order valence-corrected chi connectivity index (χ3v) is 5.96. The van der Waals surface area contributed by atoms with E-state index in [9.17, 15) is 9.59 Å². The van der Waals surface area contributed by atoms with Crippen LogP contribution in [-0.2, 0) is 18.4 Å². The maximum Gasteiger partial charge on any atom is 0.328 e. The maximum atomic E-state index is 12.9. The van der Waals surface area contributed by atoms with Gasteiger partial charge in [-0.3, -0.25) is 13.9 Å². The van der Waals surface area contributed by atoms with Crippen molar-refractivity contribution in [3.63, 3.8) is 0 Å². The summed E-state index contributed by atoms with van der Waals surface area (Å²) in [7, 11) is 1.75. The molecule has 5 nitrogen and oxygen atoms in total. The highest BCUT2D eigenvalue weighted by atomic mass is 35.5. The molecule has 1 aliphatic rings. The molecule has 134 valence electrons. The van der Waals surface area contributed by atoms with Crippen LogP contribution in [0.3, 0.4) is 0 Å². The standard InChI is InChI=1S/C19H18ClN3O2S/c1-21-14-4-2-3-5-15(14)23(19(21)25)9-8-18(24)22-10-11-26-17-7-6-13(20)12-16(17)22/h2-7,12H,8-11H2,1H3. The van der Waals surface area contributed by atoms with E-state index in [2.05, 4.69) is 0 Å². The molecule has 0 spiro atoms. The predicted molar refractivity (Wildman–Crippen MR) is 106 cm³/mol. The highest BCUT2D eigenvalue weighted by Crippen LogP contribution is 2.36. The van der Waals surface area contributed by atoms with Gasteiger partial charge in [0.25, 0.3) is 0 Å². The smallest absolute Gasteiger partial charge is 0.310 e. The van der Waals surface area contributed by atoms with Crippen LogP contribution in [0, 0.1) is 0 Å². The maximum absolute atomic E-state index is 12.9. The Labute approximate surface area is 160 Å². The van der Waals surface area contributed by atoms with Crippen molar-refractivity contribution in [1.29, 1.82) is 0 Å². The van der Waals surface area contributed by atoms with Gasteiger partial charge in [-0.15, -0.1) is 11.8 Å². The van der Waals surface area contributed by atoms with Gasteiger partial charge in [0.2, 0.25) is 5.91 Å². The number of nitrogens with zero attached hydrogens (tertiary/aromatic N) is 3. The summed E-state index contributed by atoms with van der Waals surface area (Å²) in [5.74, 6) is 0.864. The molecule has 0 bridgehead atoms. The van der Waals surface area contributed by atoms with Gasteiger partial charge in [-0.1, -0.05) is 23.7 Å². The zero-order valence-electron chi connectivity index (χ0n) is 14.3. The summed E-state index contributed by atoms with van der Waals surface area (Å²) in [5.41, 5.74) is 2.49. The van der Waals surface area contributed by atoms with Crippen molar-refractivity contribution in [2.75, 3.05) is 17.2 Å². The fraction of sp³-hybridized carbons (Fsp3) is 0.263. The third kappa shape index (κ3) is 2.93. The number of benzene rings is 2. The Balaban J connectivity index is 1.59. The summed E-state index contributed by atoms with van der Waals surface area (Å²) < 4.78 is 3.29. The molecule has 0 fully saturated rings. The van der Waals surface area contributed by atoms with Crippen LogP contribution in [-0.4, -0.2) is 27.3 Å². The Morgan fingerprint density at radius 2 is 1.96 bits per heavy atom. The Morgan fingerprint density at radius 3 is 2.77 bits per heavy atom. The third-order valence-electron chi connectivity index (χ3n) is 4.69. The molecule has 26 heavy (non-hydrogen) atoms. The number of imidazole rings is 1. The molecule has 0 atom stereocenters. The summed E-state index contributed by atoms with van der Waals surface area (Å²) in [6, 6.07) is 13.3. The number of halogens is 1. The van der Waals surface area contributed by atoms with Crippen LogP contribution >= 0.6 is 23.4 Å². The molecule has 0 N–H and O–H groups in total. The monoisotopic (exact) mass is 387 g/mol. The SMILES string of the molecule is Cn1c(=O)n(CCC(=O)N2CCSc3ccc(Cl)cc32)c2ccccc21. The number of carbonyl (C=O) groups is 1. The summed E-state index contributed by atoms with van der Waals surface area (Å²) in [5, 5.41) is 0.620. The van der Waals surface area contributed by atoms with E-state index in [0.29, 0.717) is 18.1 Å². The zero-order chi connectivity index (χ0) is 18.3. The average molecular weight is 388 g/mol. The van der Waals surface area contributed by atoms with Gasteiger partial charge in [0.1, 0.15) is 0 Å². The number of aromatic nitrogens is 2. The van der Waals surface area contributed by atoms with Gasteiger partial charge in [0.15, 0.2) is 0 Å². The van der Waals surface area contributed by atoms with Crippen molar-refractivity contribution in [3.8, 4) is 0 Å². The lowest BCUT2D eigenvalue weighted by molar-refractivity contribution is -0.118. The van der Waals surface area contributed by atoms with E-state index in [0.717, 1.165) is 27.4 Å². The number of thioether (sulfide) groups is 1.